The molecule has 0 aliphatic carbocycles. The Bertz CT molecular complexity index is 1150. The van der Waals surface area contributed by atoms with Gasteiger partial charge in [0.15, 0.2) is 6.61 Å². The van der Waals surface area contributed by atoms with Gasteiger partial charge in [0.2, 0.25) is 0 Å². The van der Waals surface area contributed by atoms with E-state index in [9.17, 15) is 13.2 Å². The summed E-state index contributed by atoms with van der Waals surface area (Å²) in [6.07, 6.45) is 3.03. The summed E-state index contributed by atoms with van der Waals surface area (Å²) in [6.45, 7) is 5.48. The molecule has 0 saturated carbocycles. The second-order valence-corrected chi connectivity index (χ2v) is 9.59. The van der Waals surface area contributed by atoms with Crippen molar-refractivity contribution >= 4 is 21.6 Å². The zero-order valence-corrected chi connectivity index (χ0v) is 19.6. The maximum absolute atomic E-state index is 13.5. The Kier molecular flexibility index (Phi) is 7.70. The number of carbonyl (C=O) groups is 1. The molecule has 32 heavy (non-hydrogen) atoms. The molecular weight excluding hydrogens is 422 g/mol. The van der Waals surface area contributed by atoms with Crippen LogP contribution in [0.5, 0.6) is 5.75 Å². The summed E-state index contributed by atoms with van der Waals surface area (Å²) in [5.74, 6) is -0.112. The van der Waals surface area contributed by atoms with E-state index in [0.29, 0.717) is 11.4 Å². The van der Waals surface area contributed by atoms with Crippen molar-refractivity contribution in [2.75, 3.05) is 10.9 Å². The Labute approximate surface area is 190 Å². The number of hydrogen-bond acceptors (Lipinski definition) is 4. The predicted molar refractivity (Wildman–Crippen MR) is 128 cm³/mol. The van der Waals surface area contributed by atoms with Crippen LogP contribution in [0.2, 0.25) is 0 Å². The first-order valence-corrected chi connectivity index (χ1v) is 12.2. The van der Waals surface area contributed by atoms with E-state index in [1.807, 2.05) is 44.2 Å². The summed E-state index contributed by atoms with van der Waals surface area (Å²) >= 11 is 0. The number of unbranched alkanes of at least 4 members (excludes halogenated alkanes) is 1. The molecule has 0 aliphatic heterocycles. The van der Waals surface area contributed by atoms with Crippen LogP contribution in [0, 0.1) is 13.8 Å². The molecule has 5 nitrogen and oxygen atoms in total. The van der Waals surface area contributed by atoms with Gasteiger partial charge < -0.3 is 4.74 Å². The number of hydrogen-bond donors (Lipinski definition) is 0. The first-order valence-electron chi connectivity index (χ1n) is 10.7. The normalized spacial score (nSPS) is 11.2. The second-order valence-electron chi connectivity index (χ2n) is 7.80. The summed E-state index contributed by atoms with van der Waals surface area (Å²) < 4.78 is 33.5. The predicted octanol–water partition coefficient (Wildman–Crippen LogP) is 5.45. The lowest BCUT2D eigenvalue weighted by Gasteiger charge is -2.23. The largest absolute Gasteiger partial charge is 0.483 e. The lowest BCUT2D eigenvalue weighted by Crippen LogP contribution is -2.40. The number of amides is 1. The van der Waals surface area contributed by atoms with Crippen LogP contribution < -0.4 is 9.04 Å². The van der Waals surface area contributed by atoms with Gasteiger partial charge in [-0.25, -0.2) is 8.42 Å². The molecule has 3 rings (SSSR count). The van der Waals surface area contributed by atoms with Crippen molar-refractivity contribution in [3.05, 3.63) is 89.5 Å². The molecule has 0 saturated heterocycles. The number of sulfonamides is 1. The van der Waals surface area contributed by atoms with E-state index in [4.69, 9.17) is 4.74 Å². The lowest BCUT2D eigenvalue weighted by molar-refractivity contribution is -0.119. The number of rotatable bonds is 9. The molecule has 168 valence electrons. The Morgan fingerprint density at radius 3 is 2.19 bits per heavy atom. The number of carbonyl (C=O) groups excluding carboxylic acids is 1. The molecule has 3 aromatic carbocycles. The van der Waals surface area contributed by atoms with Crippen molar-refractivity contribution < 1.29 is 17.9 Å². The van der Waals surface area contributed by atoms with Gasteiger partial charge in [0.25, 0.3) is 15.9 Å². The van der Waals surface area contributed by atoms with Crippen LogP contribution in [-0.4, -0.2) is 20.9 Å². The third-order valence-electron chi connectivity index (χ3n) is 5.22. The first kappa shape index (κ1) is 23.5. The quantitative estimate of drug-likeness (QED) is 0.434. The van der Waals surface area contributed by atoms with Crippen LogP contribution in [0.25, 0.3) is 0 Å². The van der Waals surface area contributed by atoms with E-state index >= 15 is 0 Å². The van der Waals surface area contributed by atoms with Crippen molar-refractivity contribution in [1.82, 2.24) is 0 Å². The van der Waals surface area contributed by atoms with Gasteiger partial charge in [0.05, 0.1) is 10.6 Å². The van der Waals surface area contributed by atoms with E-state index in [-0.39, 0.29) is 4.90 Å². The van der Waals surface area contributed by atoms with Crippen LogP contribution >= 0.6 is 0 Å². The molecule has 0 N–H and O–H groups in total. The minimum atomic E-state index is -4.11. The van der Waals surface area contributed by atoms with Gasteiger partial charge in [-0.1, -0.05) is 61.4 Å². The average molecular weight is 452 g/mol. The topological polar surface area (TPSA) is 63.7 Å². The third kappa shape index (κ3) is 5.56. The Hall–Kier alpha value is -3.12. The smallest absolute Gasteiger partial charge is 0.278 e. The van der Waals surface area contributed by atoms with Crippen molar-refractivity contribution in [2.24, 2.45) is 0 Å². The van der Waals surface area contributed by atoms with Crippen LogP contribution in [0.3, 0.4) is 0 Å². The zero-order valence-electron chi connectivity index (χ0n) is 18.7. The van der Waals surface area contributed by atoms with Gasteiger partial charge in [-0.2, -0.15) is 4.31 Å². The fourth-order valence-corrected chi connectivity index (χ4v) is 4.74. The van der Waals surface area contributed by atoms with Gasteiger partial charge >= 0.3 is 0 Å². The highest BCUT2D eigenvalue weighted by atomic mass is 32.2. The van der Waals surface area contributed by atoms with E-state index in [1.54, 1.807) is 30.3 Å². The van der Waals surface area contributed by atoms with E-state index in [1.165, 1.54) is 12.1 Å². The summed E-state index contributed by atoms with van der Waals surface area (Å²) in [6, 6.07) is 20.9. The van der Waals surface area contributed by atoms with Crippen LogP contribution in [0.1, 0.15) is 36.5 Å². The number of benzene rings is 3. The van der Waals surface area contributed by atoms with Gasteiger partial charge in [-0.05, 0) is 68.1 Å². The van der Waals surface area contributed by atoms with Gasteiger partial charge in [-0.3, -0.25) is 4.79 Å². The Morgan fingerprint density at radius 2 is 1.56 bits per heavy atom. The molecule has 0 atom stereocenters. The van der Waals surface area contributed by atoms with Gasteiger partial charge in [0.1, 0.15) is 5.75 Å². The highest BCUT2D eigenvalue weighted by Gasteiger charge is 2.31. The van der Waals surface area contributed by atoms with Crippen LogP contribution in [0.15, 0.2) is 77.7 Å². The average Bonchev–Trinajstić information content (AvgIpc) is 2.78. The van der Waals surface area contributed by atoms with Crippen molar-refractivity contribution in [3.63, 3.8) is 0 Å². The SMILES string of the molecule is CCCCc1ccc(N(C(=O)COc2ccccc2C)S(=O)(=O)c2ccc(C)cc2)cc1. The molecule has 0 heterocycles. The molecule has 0 aromatic heterocycles. The summed E-state index contributed by atoms with van der Waals surface area (Å²) in [5.41, 5.74) is 3.20. The van der Waals surface area contributed by atoms with E-state index < -0.39 is 22.5 Å². The first-order chi connectivity index (χ1) is 15.3. The van der Waals surface area contributed by atoms with Crippen molar-refractivity contribution in [3.8, 4) is 5.75 Å². The molecule has 1 amide bonds. The summed E-state index contributed by atoms with van der Waals surface area (Å²) in [4.78, 5) is 13.3. The number of para-hydroxylation sites is 1. The molecule has 0 aliphatic rings. The number of ether oxygens (including phenoxy) is 1. The minimum absolute atomic E-state index is 0.0578. The maximum atomic E-state index is 13.5. The summed E-state index contributed by atoms with van der Waals surface area (Å²) in [7, 11) is -4.11. The number of aryl methyl sites for hydroxylation is 3. The van der Waals surface area contributed by atoms with Crippen molar-refractivity contribution in [2.45, 2.75) is 44.9 Å². The molecule has 3 aromatic rings. The zero-order chi connectivity index (χ0) is 23.1. The summed E-state index contributed by atoms with van der Waals surface area (Å²) in [5, 5.41) is 0. The minimum Gasteiger partial charge on any atom is -0.483 e. The van der Waals surface area contributed by atoms with Crippen LogP contribution in [-0.2, 0) is 21.2 Å². The third-order valence-corrected chi connectivity index (χ3v) is 6.98. The molecular formula is C26H29NO4S. The molecule has 0 unspecified atom stereocenters. The fraction of sp³-hybridized carbons (Fsp3) is 0.269. The molecule has 0 spiro atoms. The Morgan fingerprint density at radius 1 is 0.906 bits per heavy atom. The maximum Gasteiger partial charge on any atom is 0.278 e. The van der Waals surface area contributed by atoms with E-state index in [0.717, 1.165) is 40.3 Å². The van der Waals surface area contributed by atoms with Gasteiger partial charge in [-0.15, -0.1) is 0 Å². The molecule has 0 fully saturated rings. The second kappa shape index (κ2) is 10.5. The number of anilines is 1. The number of nitrogens with zero attached hydrogens (tertiary/aromatic N) is 1. The standard InChI is InChI=1S/C26H29NO4S/c1-4-5-9-22-13-15-23(16-14-22)27(32(29,30)24-17-11-20(2)12-18-24)26(28)19-31-25-10-7-6-8-21(25)3/h6-8,10-18H,4-5,9,19H2,1-3H3. The monoisotopic (exact) mass is 451 g/mol. The van der Waals surface area contributed by atoms with Crippen LogP contribution in [0.4, 0.5) is 5.69 Å². The highest BCUT2D eigenvalue weighted by Crippen LogP contribution is 2.26. The van der Waals surface area contributed by atoms with Crippen molar-refractivity contribution in [1.29, 1.82) is 0 Å². The highest BCUT2D eigenvalue weighted by molar-refractivity contribution is 7.93. The molecule has 0 radical (unpaired) electrons. The lowest BCUT2D eigenvalue weighted by atomic mass is 10.1. The van der Waals surface area contributed by atoms with Gasteiger partial charge in [0, 0.05) is 0 Å². The molecule has 6 heteroatoms. The Balaban J connectivity index is 1.94. The molecule has 0 bridgehead atoms. The van der Waals surface area contributed by atoms with E-state index in [2.05, 4.69) is 6.92 Å². The fourth-order valence-electron chi connectivity index (χ4n) is 3.33.